The Morgan fingerprint density at radius 3 is 2.52 bits per heavy atom. The number of aliphatic imine (C=N–C) groups is 1. The lowest BCUT2D eigenvalue weighted by atomic mass is 9.97. The highest BCUT2D eigenvalue weighted by atomic mass is 16.5. The molecule has 1 aliphatic rings. The molecular weight excluding hydrogens is 296 g/mol. The molecule has 0 aliphatic heterocycles. The molecule has 0 bridgehead atoms. The van der Waals surface area contributed by atoms with Gasteiger partial charge in [0.15, 0.2) is 0 Å². The summed E-state index contributed by atoms with van der Waals surface area (Å²) in [6.07, 6.45) is 6.13. The zero-order valence-electron chi connectivity index (χ0n) is 15.0. The third-order valence-corrected chi connectivity index (χ3v) is 4.27. The van der Waals surface area contributed by atoms with E-state index in [1.165, 1.54) is 31.3 Å². The number of rotatable bonds is 4. The Morgan fingerprint density at radius 2 is 1.96 bits per heavy atom. The molecule has 2 unspecified atom stereocenters. The molecule has 0 saturated heterocycles. The van der Waals surface area contributed by atoms with Crippen molar-refractivity contribution in [1.82, 2.24) is 15.1 Å². The molecule has 132 valence electrons. The van der Waals surface area contributed by atoms with E-state index in [1.54, 1.807) is 26.0 Å². The van der Waals surface area contributed by atoms with Gasteiger partial charge >= 0.3 is 12.1 Å². The predicted octanol–water partition coefficient (Wildman–Crippen LogP) is 2.67. The lowest BCUT2D eigenvalue weighted by molar-refractivity contribution is 0.181. The predicted molar refractivity (Wildman–Crippen MR) is 90.5 cm³/mol. The quantitative estimate of drug-likeness (QED) is 0.637. The van der Waals surface area contributed by atoms with Crippen LogP contribution in [0.5, 0.6) is 0 Å². The van der Waals surface area contributed by atoms with Gasteiger partial charge in [0, 0.05) is 27.2 Å². The van der Waals surface area contributed by atoms with Gasteiger partial charge in [-0.15, -0.1) is 4.99 Å². The maximum Gasteiger partial charge on any atom is 0.436 e. The number of carbonyl (C=O) groups excluding carboxylic acids is 2. The van der Waals surface area contributed by atoms with Crippen LogP contribution in [0.3, 0.4) is 0 Å². The fraction of sp³-hybridized carbons (Fsp3) is 0.812. The van der Waals surface area contributed by atoms with Gasteiger partial charge in [0.05, 0.1) is 7.11 Å². The van der Waals surface area contributed by atoms with Crippen LogP contribution in [0.1, 0.15) is 45.4 Å². The number of hydrogen-bond acceptors (Lipinski definition) is 3. The molecule has 0 aromatic heterocycles. The first-order chi connectivity index (χ1) is 10.9. The second kappa shape index (κ2) is 9.37. The van der Waals surface area contributed by atoms with Gasteiger partial charge in [-0.05, 0) is 25.2 Å². The van der Waals surface area contributed by atoms with Gasteiger partial charge in [0.1, 0.15) is 0 Å². The molecule has 1 N–H and O–H groups in total. The molecule has 0 radical (unpaired) electrons. The largest absolute Gasteiger partial charge is 0.451 e. The minimum absolute atomic E-state index is 0.207. The van der Waals surface area contributed by atoms with Crippen molar-refractivity contribution in [3.05, 3.63) is 0 Å². The normalized spacial score (nSPS) is 21.0. The van der Waals surface area contributed by atoms with Gasteiger partial charge in [-0.2, -0.15) is 0 Å². The summed E-state index contributed by atoms with van der Waals surface area (Å²) < 4.78 is 4.54. The number of nitrogens with one attached hydrogen (secondary N) is 1. The molecule has 1 rings (SSSR count). The van der Waals surface area contributed by atoms with Crippen LogP contribution < -0.4 is 5.32 Å². The third kappa shape index (κ3) is 5.73. The number of hydrogen-bond donors (Lipinski definition) is 1. The average Bonchev–Trinajstić information content (AvgIpc) is 2.96. The molecule has 2 atom stereocenters. The minimum Gasteiger partial charge on any atom is -0.451 e. The first-order valence-corrected chi connectivity index (χ1v) is 8.28. The van der Waals surface area contributed by atoms with E-state index in [4.69, 9.17) is 0 Å². The van der Waals surface area contributed by atoms with Crippen molar-refractivity contribution in [2.24, 2.45) is 10.9 Å². The highest BCUT2D eigenvalue weighted by Gasteiger charge is 2.30. The second-order valence-corrected chi connectivity index (χ2v) is 6.22. The van der Waals surface area contributed by atoms with E-state index < -0.39 is 6.09 Å². The van der Waals surface area contributed by atoms with Crippen LogP contribution in [-0.4, -0.2) is 62.2 Å². The maximum absolute atomic E-state index is 12.5. The van der Waals surface area contributed by atoms with Gasteiger partial charge in [-0.3, -0.25) is 4.90 Å². The average molecular weight is 326 g/mol. The third-order valence-electron chi connectivity index (χ3n) is 4.27. The number of urea groups is 1. The van der Waals surface area contributed by atoms with Gasteiger partial charge in [0.2, 0.25) is 5.96 Å². The maximum atomic E-state index is 12.5. The molecule has 0 aromatic rings. The van der Waals surface area contributed by atoms with E-state index in [-0.39, 0.29) is 18.0 Å². The summed E-state index contributed by atoms with van der Waals surface area (Å²) in [6.45, 7) is 2.18. The second-order valence-electron chi connectivity index (χ2n) is 6.22. The highest BCUT2D eigenvalue weighted by molar-refractivity contribution is 5.99. The van der Waals surface area contributed by atoms with Crippen LogP contribution in [0.2, 0.25) is 0 Å². The number of unbranched alkanes of at least 4 members (excludes halogenated alkanes) is 1. The molecule has 7 nitrogen and oxygen atoms in total. The Bertz CT molecular complexity index is 437. The zero-order valence-corrected chi connectivity index (χ0v) is 15.0. The monoisotopic (exact) mass is 326 g/mol. The summed E-state index contributed by atoms with van der Waals surface area (Å²) in [5.74, 6) is 0.796. The topological polar surface area (TPSA) is 74.2 Å². The molecule has 1 saturated carbocycles. The first-order valence-electron chi connectivity index (χ1n) is 8.28. The Kier molecular flexibility index (Phi) is 7.85. The summed E-state index contributed by atoms with van der Waals surface area (Å²) in [6, 6.07) is -0.0345. The summed E-state index contributed by atoms with van der Waals surface area (Å²) in [5, 5.41) is 3.09. The molecule has 0 heterocycles. The van der Waals surface area contributed by atoms with Crippen molar-refractivity contribution in [1.29, 1.82) is 0 Å². The molecule has 1 fully saturated rings. The summed E-state index contributed by atoms with van der Waals surface area (Å²) in [5.41, 5.74) is 0. The van der Waals surface area contributed by atoms with Crippen molar-refractivity contribution in [2.45, 2.75) is 51.5 Å². The van der Waals surface area contributed by atoms with Gasteiger partial charge < -0.3 is 15.0 Å². The smallest absolute Gasteiger partial charge is 0.436 e. The molecule has 1 aliphatic carbocycles. The van der Waals surface area contributed by atoms with Gasteiger partial charge in [-0.1, -0.05) is 26.2 Å². The van der Waals surface area contributed by atoms with Crippen molar-refractivity contribution >= 4 is 18.1 Å². The van der Waals surface area contributed by atoms with E-state index in [2.05, 4.69) is 22.0 Å². The number of nitrogens with zero attached hydrogens (tertiary/aromatic N) is 3. The number of ether oxygens (including phenoxy) is 1. The van der Waals surface area contributed by atoms with E-state index in [0.717, 1.165) is 19.3 Å². The first kappa shape index (κ1) is 19.3. The number of carbonyl (C=O) groups is 2. The van der Waals surface area contributed by atoms with E-state index in [9.17, 15) is 9.59 Å². The van der Waals surface area contributed by atoms with Gasteiger partial charge in [0.25, 0.3) is 0 Å². The molecular formula is C16H30N4O3. The van der Waals surface area contributed by atoms with Crippen LogP contribution in [0.4, 0.5) is 9.59 Å². The molecule has 23 heavy (non-hydrogen) atoms. The summed E-state index contributed by atoms with van der Waals surface area (Å²) in [7, 11) is 6.32. The van der Waals surface area contributed by atoms with Crippen LogP contribution >= 0.6 is 0 Å². The van der Waals surface area contributed by atoms with Crippen molar-refractivity contribution < 1.29 is 14.3 Å². The highest BCUT2D eigenvalue weighted by Crippen LogP contribution is 2.29. The molecule has 0 aromatic carbocycles. The van der Waals surface area contributed by atoms with Crippen LogP contribution in [0.15, 0.2) is 4.99 Å². The Balaban J connectivity index is 2.70. The zero-order chi connectivity index (χ0) is 17.4. The molecule has 3 amide bonds. The lowest BCUT2D eigenvalue weighted by Crippen LogP contribution is -2.50. The van der Waals surface area contributed by atoms with E-state index in [0.29, 0.717) is 5.92 Å². The lowest BCUT2D eigenvalue weighted by Gasteiger charge is -2.28. The van der Waals surface area contributed by atoms with Crippen LogP contribution in [-0.2, 0) is 4.74 Å². The number of methoxy groups -OCH3 is 1. The summed E-state index contributed by atoms with van der Waals surface area (Å²) >= 11 is 0. The SMILES string of the molecule is CCCCC1CCCC1NC(=O)N(C)C(=NC(=O)OC)N(C)C. The number of amides is 3. The summed E-state index contributed by atoms with van der Waals surface area (Å²) in [4.78, 5) is 30.6. The minimum atomic E-state index is -0.727. The number of guanidine groups is 1. The standard InChI is InChI=1S/C16H30N4O3/c1-6-7-9-12-10-8-11-13(12)17-15(21)20(4)14(19(2)3)18-16(22)23-5/h12-13H,6-11H2,1-5H3,(H,17,21). The molecule has 7 heteroatoms. The fourth-order valence-corrected chi connectivity index (χ4v) is 2.99. The Labute approximate surface area is 139 Å². The van der Waals surface area contributed by atoms with E-state index >= 15 is 0 Å². The molecule has 0 spiro atoms. The van der Waals surface area contributed by atoms with Crippen molar-refractivity contribution in [2.75, 3.05) is 28.3 Å². The van der Waals surface area contributed by atoms with E-state index in [1.807, 2.05) is 0 Å². The van der Waals surface area contributed by atoms with Crippen LogP contribution in [0, 0.1) is 5.92 Å². The fourth-order valence-electron chi connectivity index (χ4n) is 2.99. The Hall–Kier alpha value is -1.79. The van der Waals surface area contributed by atoms with Gasteiger partial charge in [-0.25, -0.2) is 9.59 Å². The van der Waals surface area contributed by atoms with Crippen LogP contribution in [0.25, 0.3) is 0 Å². The van der Waals surface area contributed by atoms with Crippen molar-refractivity contribution in [3.8, 4) is 0 Å². The van der Waals surface area contributed by atoms with Crippen molar-refractivity contribution in [3.63, 3.8) is 0 Å². The Morgan fingerprint density at radius 1 is 1.26 bits per heavy atom.